The maximum atomic E-state index is 5.97. The molecule has 1 aromatic carbocycles. The van der Waals surface area contributed by atoms with Gasteiger partial charge in [-0.1, -0.05) is 28.1 Å². The number of aromatic amines is 1. The molecule has 0 saturated carbocycles. The zero-order valence-corrected chi connectivity index (χ0v) is 11.9. The highest BCUT2D eigenvalue weighted by Crippen LogP contribution is 2.36. The third-order valence-corrected chi connectivity index (χ3v) is 3.39. The highest BCUT2D eigenvalue weighted by molar-refractivity contribution is 9.10. The van der Waals surface area contributed by atoms with Crippen molar-refractivity contribution in [3.05, 3.63) is 46.6 Å². The fraction of sp³-hybridized carbons (Fsp3) is 0.0714. The Bertz CT molecular complexity index is 730. The molecular weight excluding hydrogens is 306 g/mol. The smallest absolute Gasteiger partial charge is 0.153 e. The van der Waals surface area contributed by atoms with Gasteiger partial charge in [-0.2, -0.15) is 5.10 Å². The Hall–Kier alpha value is -2.01. The van der Waals surface area contributed by atoms with Gasteiger partial charge in [-0.25, -0.2) is 0 Å². The van der Waals surface area contributed by atoms with E-state index in [1.165, 1.54) is 0 Å². The SMILES string of the molecule is Cc1ccc(-c2[nH]nc(N)c2-c2cccc(Br)c2)o1. The number of nitrogen functional groups attached to an aromatic ring is 1. The van der Waals surface area contributed by atoms with Crippen LogP contribution in [0.25, 0.3) is 22.6 Å². The van der Waals surface area contributed by atoms with Gasteiger partial charge >= 0.3 is 0 Å². The molecule has 0 aliphatic heterocycles. The van der Waals surface area contributed by atoms with Gasteiger partial charge in [-0.05, 0) is 36.8 Å². The largest absolute Gasteiger partial charge is 0.460 e. The second kappa shape index (κ2) is 4.59. The Morgan fingerprint density at radius 2 is 2.11 bits per heavy atom. The standard InChI is InChI=1S/C14H12BrN3O/c1-8-5-6-11(19-8)13-12(14(16)18-17-13)9-3-2-4-10(15)7-9/h2-7H,1H3,(H3,16,17,18). The molecule has 2 aromatic heterocycles. The van der Waals surface area contributed by atoms with E-state index in [9.17, 15) is 0 Å². The molecule has 5 heteroatoms. The van der Waals surface area contributed by atoms with Crippen LogP contribution in [-0.4, -0.2) is 10.2 Å². The molecule has 0 fully saturated rings. The summed E-state index contributed by atoms with van der Waals surface area (Å²) < 4.78 is 6.63. The molecule has 2 heterocycles. The van der Waals surface area contributed by atoms with Crippen molar-refractivity contribution in [2.45, 2.75) is 6.92 Å². The first-order chi connectivity index (χ1) is 9.15. The molecule has 4 nitrogen and oxygen atoms in total. The van der Waals surface area contributed by atoms with Crippen molar-refractivity contribution in [1.29, 1.82) is 0 Å². The Kier molecular flexibility index (Phi) is 2.91. The highest BCUT2D eigenvalue weighted by Gasteiger charge is 2.17. The van der Waals surface area contributed by atoms with Crippen LogP contribution in [-0.2, 0) is 0 Å². The van der Waals surface area contributed by atoms with Crippen LogP contribution in [0.4, 0.5) is 5.82 Å². The van der Waals surface area contributed by atoms with Gasteiger partial charge in [0.25, 0.3) is 0 Å². The van der Waals surface area contributed by atoms with Crippen molar-refractivity contribution < 1.29 is 4.42 Å². The zero-order valence-electron chi connectivity index (χ0n) is 10.3. The molecule has 3 N–H and O–H groups in total. The number of halogens is 1. The third kappa shape index (κ3) is 2.17. The van der Waals surface area contributed by atoms with E-state index in [2.05, 4.69) is 26.1 Å². The number of nitrogens with two attached hydrogens (primary N) is 1. The number of anilines is 1. The van der Waals surface area contributed by atoms with Crippen LogP contribution in [0.15, 0.2) is 45.3 Å². The van der Waals surface area contributed by atoms with E-state index in [1.807, 2.05) is 43.3 Å². The lowest BCUT2D eigenvalue weighted by molar-refractivity contribution is 0.546. The van der Waals surface area contributed by atoms with Crippen molar-refractivity contribution in [2.24, 2.45) is 0 Å². The van der Waals surface area contributed by atoms with Gasteiger partial charge in [-0.15, -0.1) is 0 Å². The zero-order chi connectivity index (χ0) is 13.4. The minimum atomic E-state index is 0.460. The van der Waals surface area contributed by atoms with Crippen molar-refractivity contribution in [3.63, 3.8) is 0 Å². The Morgan fingerprint density at radius 1 is 1.26 bits per heavy atom. The summed E-state index contributed by atoms with van der Waals surface area (Å²) in [6.45, 7) is 1.90. The van der Waals surface area contributed by atoms with Gasteiger partial charge in [0.1, 0.15) is 11.5 Å². The molecule has 0 aliphatic carbocycles. The summed E-state index contributed by atoms with van der Waals surface area (Å²) in [7, 11) is 0. The normalized spacial score (nSPS) is 10.8. The first-order valence-corrected chi connectivity index (χ1v) is 6.61. The highest BCUT2D eigenvalue weighted by atomic mass is 79.9. The van der Waals surface area contributed by atoms with Crippen LogP contribution in [0, 0.1) is 6.92 Å². The van der Waals surface area contributed by atoms with Gasteiger partial charge in [-0.3, -0.25) is 5.10 Å². The van der Waals surface area contributed by atoms with Gasteiger partial charge < -0.3 is 10.2 Å². The van der Waals surface area contributed by atoms with Crippen LogP contribution in [0.5, 0.6) is 0 Å². The van der Waals surface area contributed by atoms with Crippen molar-refractivity contribution >= 4 is 21.7 Å². The monoisotopic (exact) mass is 317 g/mol. The number of nitrogens with zero attached hydrogens (tertiary/aromatic N) is 1. The van der Waals surface area contributed by atoms with E-state index in [1.54, 1.807) is 0 Å². The lowest BCUT2D eigenvalue weighted by Gasteiger charge is -2.03. The van der Waals surface area contributed by atoms with Gasteiger partial charge in [0.05, 0.1) is 5.56 Å². The van der Waals surface area contributed by atoms with E-state index in [-0.39, 0.29) is 0 Å². The van der Waals surface area contributed by atoms with Crippen LogP contribution >= 0.6 is 15.9 Å². The fourth-order valence-electron chi connectivity index (χ4n) is 2.04. The maximum absolute atomic E-state index is 5.97. The number of hydrogen-bond acceptors (Lipinski definition) is 3. The van der Waals surface area contributed by atoms with E-state index in [0.29, 0.717) is 5.82 Å². The van der Waals surface area contributed by atoms with Crippen molar-refractivity contribution in [2.75, 3.05) is 5.73 Å². The van der Waals surface area contributed by atoms with Crippen LogP contribution in [0.2, 0.25) is 0 Å². The van der Waals surface area contributed by atoms with Crippen LogP contribution in [0.1, 0.15) is 5.76 Å². The number of aryl methyl sites for hydroxylation is 1. The van der Waals surface area contributed by atoms with Crippen LogP contribution < -0.4 is 5.73 Å². The number of benzene rings is 1. The summed E-state index contributed by atoms with van der Waals surface area (Å²) in [4.78, 5) is 0. The topological polar surface area (TPSA) is 67.8 Å². The quantitative estimate of drug-likeness (QED) is 0.751. The fourth-order valence-corrected chi connectivity index (χ4v) is 2.44. The summed E-state index contributed by atoms with van der Waals surface area (Å²) in [5.41, 5.74) is 8.61. The Balaban J connectivity index is 2.19. The van der Waals surface area contributed by atoms with Gasteiger partial charge in [0.2, 0.25) is 0 Å². The molecule has 0 unspecified atom stereocenters. The van der Waals surface area contributed by atoms with Gasteiger partial charge in [0.15, 0.2) is 11.6 Å². The third-order valence-electron chi connectivity index (χ3n) is 2.89. The second-order valence-corrected chi connectivity index (χ2v) is 5.20. The predicted molar refractivity (Wildman–Crippen MR) is 78.6 cm³/mol. The molecular formula is C14H12BrN3O. The van der Waals surface area contributed by atoms with E-state index in [4.69, 9.17) is 10.2 Å². The summed E-state index contributed by atoms with van der Waals surface area (Å²) >= 11 is 3.46. The maximum Gasteiger partial charge on any atom is 0.153 e. The van der Waals surface area contributed by atoms with E-state index in [0.717, 1.165) is 32.8 Å². The summed E-state index contributed by atoms with van der Waals surface area (Å²) in [6.07, 6.45) is 0. The number of aromatic nitrogens is 2. The van der Waals surface area contributed by atoms with Crippen molar-refractivity contribution in [3.8, 4) is 22.6 Å². The minimum absolute atomic E-state index is 0.460. The van der Waals surface area contributed by atoms with Crippen LogP contribution in [0.3, 0.4) is 0 Å². The molecule has 0 atom stereocenters. The number of furan rings is 1. The first-order valence-electron chi connectivity index (χ1n) is 5.82. The van der Waals surface area contributed by atoms with Crippen molar-refractivity contribution in [1.82, 2.24) is 10.2 Å². The molecule has 19 heavy (non-hydrogen) atoms. The lowest BCUT2D eigenvalue weighted by Crippen LogP contribution is -1.88. The molecule has 0 bridgehead atoms. The predicted octanol–water partition coefficient (Wildman–Crippen LogP) is 3.99. The average Bonchev–Trinajstić information content (AvgIpc) is 2.95. The molecule has 0 aliphatic rings. The molecule has 0 amide bonds. The molecule has 96 valence electrons. The summed E-state index contributed by atoms with van der Waals surface area (Å²) in [6, 6.07) is 11.7. The van der Waals surface area contributed by atoms with Gasteiger partial charge in [0, 0.05) is 4.47 Å². The Morgan fingerprint density at radius 3 is 2.79 bits per heavy atom. The van der Waals surface area contributed by atoms with E-state index >= 15 is 0 Å². The minimum Gasteiger partial charge on any atom is -0.460 e. The second-order valence-electron chi connectivity index (χ2n) is 4.28. The molecule has 0 radical (unpaired) electrons. The molecule has 3 aromatic rings. The number of nitrogens with one attached hydrogen (secondary N) is 1. The summed E-state index contributed by atoms with van der Waals surface area (Å²) in [5.74, 6) is 2.04. The molecule has 3 rings (SSSR count). The number of hydrogen-bond donors (Lipinski definition) is 2. The average molecular weight is 318 g/mol. The molecule has 0 saturated heterocycles. The molecule has 0 spiro atoms. The Labute approximate surface area is 118 Å². The number of rotatable bonds is 2. The number of H-pyrrole nitrogens is 1. The first kappa shape index (κ1) is 12.0. The lowest BCUT2D eigenvalue weighted by atomic mass is 10.0. The summed E-state index contributed by atoms with van der Waals surface area (Å²) in [5, 5.41) is 7.02. The van der Waals surface area contributed by atoms with E-state index < -0.39 is 0 Å².